The van der Waals surface area contributed by atoms with Crippen molar-refractivity contribution >= 4 is 5.91 Å². The van der Waals surface area contributed by atoms with E-state index in [4.69, 9.17) is 4.74 Å². The molecule has 0 radical (unpaired) electrons. The van der Waals surface area contributed by atoms with Gasteiger partial charge in [-0.1, -0.05) is 42.5 Å². The Kier molecular flexibility index (Phi) is 5.99. The topological polar surface area (TPSA) is 38.3 Å². The number of para-hydroxylation sites is 1. The lowest BCUT2D eigenvalue weighted by molar-refractivity contribution is -0.120. The number of benzene rings is 3. The molecule has 132 valence electrons. The molecule has 3 aromatic carbocycles. The quantitative estimate of drug-likeness (QED) is 0.681. The molecule has 0 bridgehead atoms. The minimum absolute atomic E-state index is 0.0381. The highest BCUT2D eigenvalue weighted by atomic mass is 19.1. The molecule has 0 saturated heterocycles. The number of amides is 1. The number of carbonyl (C=O) groups is 1. The zero-order chi connectivity index (χ0) is 18.2. The predicted molar refractivity (Wildman–Crippen MR) is 99.8 cm³/mol. The summed E-state index contributed by atoms with van der Waals surface area (Å²) in [6.45, 7) is 0.527. The lowest BCUT2D eigenvalue weighted by atomic mass is 10.1. The van der Waals surface area contributed by atoms with Gasteiger partial charge in [-0.15, -0.1) is 0 Å². The van der Waals surface area contributed by atoms with Gasteiger partial charge in [-0.2, -0.15) is 0 Å². The van der Waals surface area contributed by atoms with Gasteiger partial charge in [-0.05, 0) is 53.9 Å². The van der Waals surface area contributed by atoms with Crippen LogP contribution < -0.4 is 10.1 Å². The highest BCUT2D eigenvalue weighted by Gasteiger charge is 2.04. The average Bonchev–Trinajstić information content (AvgIpc) is 2.66. The number of halogens is 1. The number of hydrogen-bond donors (Lipinski definition) is 1. The van der Waals surface area contributed by atoms with Crippen LogP contribution in [0.5, 0.6) is 11.5 Å². The molecule has 3 nitrogen and oxygen atoms in total. The van der Waals surface area contributed by atoms with Gasteiger partial charge in [0.15, 0.2) is 0 Å². The van der Waals surface area contributed by atoms with Gasteiger partial charge in [0.1, 0.15) is 17.3 Å². The van der Waals surface area contributed by atoms with E-state index in [0.29, 0.717) is 19.4 Å². The van der Waals surface area contributed by atoms with Crippen LogP contribution in [0.25, 0.3) is 0 Å². The normalized spacial score (nSPS) is 10.3. The van der Waals surface area contributed by atoms with Gasteiger partial charge >= 0.3 is 0 Å². The summed E-state index contributed by atoms with van der Waals surface area (Å²) in [5, 5.41) is 2.88. The summed E-state index contributed by atoms with van der Waals surface area (Å²) in [5.74, 6) is 1.22. The third-order valence-electron chi connectivity index (χ3n) is 3.92. The lowest BCUT2D eigenvalue weighted by Crippen LogP contribution is -2.27. The van der Waals surface area contributed by atoms with Gasteiger partial charge in [-0.3, -0.25) is 4.79 Å². The molecule has 1 amide bonds. The third kappa shape index (κ3) is 5.45. The fraction of sp³-hybridized carbons (Fsp3) is 0.136. The Hall–Kier alpha value is -3.14. The second-order valence-corrected chi connectivity index (χ2v) is 5.96. The molecule has 3 rings (SSSR count). The number of rotatable bonds is 7. The maximum absolute atomic E-state index is 12.9. The van der Waals surface area contributed by atoms with E-state index in [1.165, 1.54) is 12.1 Å². The number of nitrogens with one attached hydrogen (secondary N) is 1. The van der Waals surface area contributed by atoms with Crippen LogP contribution in [0.4, 0.5) is 4.39 Å². The van der Waals surface area contributed by atoms with Crippen molar-refractivity contribution in [3.05, 3.63) is 95.8 Å². The molecule has 0 heterocycles. The molecule has 26 heavy (non-hydrogen) atoms. The van der Waals surface area contributed by atoms with Crippen molar-refractivity contribution in [1.29, 1.82) is 0 Å². The Balaban J connectivity index is 1.44. The van der Waals surface area contributed by atoms with E-state index >= 15 is 0 Å². The van der Waals surface area contributed by atoms with Crippen molar-refractivity contribution in [1.82, 2.24) is 5.32 Å². The number of carbonyl (C=O) groups excluding carboxylic acids is 1. The number of hydrogen-bond acceptors (Lipinski definition) is 2. The zero-order valence-electron chi connectivity index (χ0n) is 14.3. The highest BCUT2D eigenvalue weighted by Crippen LogP contribution is 2.21. The van der Waals surface area contributed by atoms with Crippen molar-refractivity contribution in [3.8, 4) is 11.5 Å². The maximum Gasteiger partial charge on any atom is 0.224 e. The Morgan fingerprint density at radius 1 is 0.808 bits per heavy atom. The van der Waals surface area contributed by atoms with E-state index in [2.05, 4.69) is 5.32 Å². The second kappa shape index (κ2) is 8.81. The van der Waals surface area contributed by atoms with Crippen LogP contribution in [0.3, 0.4) is 0 Å². The largest absolute Gasteiger partial charge is 0.457 e. The summed E-state index contributed by atoms with van der Waals surface area (Å²) in [6, 6.07) is 23.3. The Morgan fingerprint density at radius 3 is 2.12 bits per heavy atom. The second-order valence-electron chi connectivity index (χ2n) is 5.96. The van der Waals surface area contributed by atoms with E-state index < -0.39 is 0 Å². The highest BCUT2D eigenvalue weighted by molar-refractivity contribution is 5.78. The standard InChI is InChI=1S/C22H20FNO2/c23-19-10-6-17(7-11-19)14-15-24-22(25)16-18-8-12-21(13-9-18)26-20-4-2-1-3-5-20/h1-13H,14-16H2,(H,24,25). The first-order valence-corrected chi connectivity index (χ1v) is 8.52. The first-order chi connectivity index (χ1) is 12.7. The SMILES string of the molecule is O=C(Cc1ccc(Oc2ccccc2)cc1)NCCc1ccc(F)cc1. The van der Waals surface area contributed by atoms with E-state index in [1.807, 2.05) is 54.6 Å². The van der Waals surface area contributed by atoms with Crippen LogP contribution in [0, 0.1) is 5.82 Å². The Bertz CT molecular complexity index is 830. The molecule has 1 N–H and O–H groups in total. The first kappa shape index (κ1) is 17.7. The van der Waals surface area contributed by atoms with E-state index in [9.17, 15) is 9.18 Å². The van der Waals surface area contributed by atoms with Gasteiger partial charge in [-0.25, -0.2) is 4.39 Å². The van der Waals surface area contributed by atoms with E-state index in [0.717, 1.165) is 22.6 Å². The molecular formula is C22H20FNO2. The van der Waals surface area contributed by atoms with Crippen LogP contribution in [-0.2, 0) is 17.6 Å². The summed E-state index contributed by atoms with van der Waals surface area (Å²) >= 11 is 0. The van der Waals surface area contributed by atoms with Gasteiger partial charge in [0.05, 0.1) is 6.42 Å². The van der Waals surface area contributed by atoms with Crippen LogP contribution in [0.2, 0.25) is 0 Å². The van der Waals surface area contributed by atoms with Crippen molar-refractivity contribution in [3.63, 3.8) is 0 Å². The molecule has 0 aliphatic heterocycles. The van der Waals surface area contributed by atoms with Crippen molar-refractivity contribution in [2.45, 2.75) is 12.8 Å². The van der Waals surface area contributed by atoms with E-state index in [1.54, 1.807) is 12.1 Å². The fourth-order valence-corrected chi connectivity index (χ4v) is 2.55. The molecule has 0 aliphatic carbocycles. The Morgan fingerprint density at radius 2 is 1.42 bits per heavy atom. The van der Waals surface area contributed by atoms with Crippen LogP contribution in [0.1, 0.15) is 11.1 Å². The summed E-state index contributed by atoms with van der Waals surface area (Å²) in [7, 11) is 0. The molecule has 0 unspecified atom stereocenters. The summed E-state index contributed by atoms with van der Waals surface area (Å²) in [6.07, 6.45) is 0.991. The van der Waals surface area contributed by atoms with E-state index in [-0.39, 0.29) is 11.7 Å². The summed E-state index contributed by atoms with van der Waals surface area (Å²) < 4.78 is 18.6. The lowest BCUT2D eigenvalue weighted by Gasteiger charge is -2.08. The van der Waals surface area contributed by atoms with Gasteiger partial charge in [0.25, 0.3) is 0 Å². The molecule has 0 atom stereocenters. The molecule has 3 aromatic rings. The molecule has 4 heteroatoms. The average molecular weight is 349 g/mol. The minimum atomic E-state index is -0.252. The first-order valence-electron chi connectivity index (χ1n) is 8.52. The monoisotopic (exact) mass is 349 g/mol. The molecule has 0 aromatic heterocycles. The van der Waals surface area contributed by atoms with Crippen molar-refractivity contribution in [2.24, 2.45) is 0 Å². The van der Waals surface area contributed by atoms with Crippen LogP contribution in [0.15, 0.2) is 78.9 Å². The van der Waals surface area contributed by atoms with Crippen molar-refractivity contribution < 1.29 is 13.9 Å². The molecule has 0 fully saturated rings. The fourth-order valence-electron chi connectivity index (χ4n) is 2.55. The number of ether oxygens (including phenoxy) is 1. The predicted octanol–water partition coefficient (Wildman–Crippen LogP) is 4.52. The third-order valence-corrected chi connectivity index (χ3v) is 3.92. The minimum Gasteiger partial charge on any atom is -0.457 e. The van der Waals surface area contributed by atoms with Gasteiger partial charge in [0, 0.05) is 6.54 Å². The van der Waals surface area contributed by atoms with Crippen LogP contribution in [-0.4, -0.2) is 12.5 Å². The Labute approximate surface area is 152 Å². The molecule has 0 aliphatic rings. The van der Waals surface area contributed by atoms with Crippen molar-refractivity contribution in [2.75, 3.05) is 6.54 Å². The summed E-state index contributed by atoms with van der Waals surface area (Å²) in [5.41, 5.74) is 1.92. The van der Waals surface area contributed by atoms with Crippen LogP contribution >= 0.6 is 0 Å². The maximum atomic E-state index is 12.9. The zero-order valence-corrected chi connectivity index (χ0v) is 14.3. The molecule has 0 spiro atoms. The molecule has 0 saturated carbocycles. The smallest absolute Gasteiger partial charge is 0.224 e. The van der Waals surface area contributed by atoms with Gasteiger partial charge in [0.2, 0.25) is 5.91 Å². The molecular weight excluding hydrogens is 329 g/mol. The van der Waals surface area contributed by atoms with Gasteiger partial charge < -0.3 is 10.1 Å². The summed E-state index contributed by atoms with van der Waals surface area (Å²) in [4.78, 5) is 12.0.